The van der Waals surface area contributed by atoms with E-state index in [1.54, 1.807) is 0 Å². The van der Waals surface area contributed by atoms with Gasteiger partial charge >= 0.3 is 101 Å². The molecule has 1 aliphatic rings. The normalized spacial score (nSPS) is 18.0. The molecule has 3 heteroatoms. The van der Waals surface area contributed by atoms with Crippen molar-refractivity contribution >= 4 is 41.1 Å². The molecule has 0 bridgehead atoms. The van der Waals surface area contributed by atoms with Crippen LogP contribution in [0, 0.1) is 0 Å². The standard InChI is InChI=1S/C12H8Cl2Te/c13-15(14)11-7-3-1-5-9(11)10-6-2-4-8-12(10)15/h1-8H. The molecular weight excluding hydrogens is 343 g/mol. The van der Waals surface area contributed by atoms with Crippen molar-refractivity contribution in [2.45, 2.75) is 0 Å². The molecule has 0 saturated heterocycles. The number of benzene rings is 2. The second-order valence-corrected chi connectivity index (χ2v) is 15.9. The molecule has 0 aliphatic carbocycles. The van der Waals surface area contributed by atoms with Gasteiger partial charge in [0.15, 0.2) is 0 Å². The quantitative estimate of drug-likeness (QED) is 0.641. The van der Waals surface area contributed by atoms with Gasteiger partial charge in [-0.2, -0.15) is 0 Å². The van der Waals surface area contributed by atoms with E-state index in [0.717, 1.165) is 0 Å². The Morgan fingerprint density at radius 3 is 1.53 bits per heavy atom. The summed E-state index contributed by atoms with van der Waals surface area (Å²) in [6, 6.07) is 16.4. The number of halogens is 2. The molecule has 0 radical (unpaired) electrons. The minimum absolute atomic E-state index is 1.17. The molecule has 0 atom stereocenters. The second kappa shape index (κ2) is 3.40. The van der Waals surface area contributed by atoms with Crippen LogP contribution in [-0.4, -0.2) is 15.9 Å². The van der Waals surface area contributed by atoms with Gasteiger partial charge in [0.25, 0.3) is 0 Å². The molecule has 3 rings (SSSR count). The van der Waals surface area contributed by atoms with Crippen molar-refractivity contribution in [2.24, 2.45) is 0 Å². The summed E-state index contributed by atoms with van der Waals surface area (Å²) in [5.41, 5.74) is 2.44. The van der Waals surface area contributed by atoms with Crippen LogP contribution < -0.4 is 7.22 Å². The van der Waals surface area contributed by atoms with Crippen LogP contribution in [0.25, 0.3) is 11.1 Å². The first-order valence-electron chi connectivity index (χ1n) is 4.62. The van der Waals surface area contributed by atoms with E-state index in [4.69, 9.17) is 17.9 Å². The van der Waals surface area contributed by atoms with Crippen molar-refractivity contribution in [3.8, 4) is 11.1 Å². The van der Waals surface area contributed by atoms with Gasteiger partial charge in [-0.1, -0.05) is 0 Å². The maximum atomic E-state index is 6.58. The van der Waals surface area contributed by atoms with Gasteiger partial charge in [-0.3, -0.25) is 0 Å². The monoisotopic (exact) mass is 352 g/mol. The van der Waals surface area contributed by atoms with Gasteiger partial charge in [-0.15, -0.1) is 0 Å². The van der Waals surface area contributed by atoms with Gasteiger partial charge in [0, 0.05) is 0 Å². The van der Waals surface area contributed by atoms with E-state index in [0.29, 0.717) is 0 Å². The van der Waals surface area contributed by atoms with E-state index in [1.165, 1.54) is 18.3 Å². The topological polar surface area (TPSA) is 0 Å². The summed E-state index contributed by atoms with van der Waals surface area (Å²) in [6.07, 6.45) is 0. The van der Waals surface area contributed by atoms with Crippen LogP contribution in [0.5, 0.6) is 0 Å². The third-order valence-corrected chi connectivity index (χ3v) is 12.3. The zero-order valence-electron chi connectivity index (χ0n) is 7.78. The summed E-state index contributed by atoms with van der Waals surface area (Å²) in [7, 11) is 13.2. The molecule has 1 aliphatic heterocycles. The summed E-state index contributed by atoms with van der Waals surface area (Å²) in [5, 5.41) is 0. The summed E-state index contributed by atoms with van der Waals surface area (Å²) >= 11 is -3.00. The van der Waals surface area contributed by atoms with Crippen LogP contribution in [0.3, 0.4) is 0 Å². The van der Waals surface area contributed by atoms with Crippen LogP contribution in [0.2, 0.25) is 0 Å². The fourth-order valence-electron chi connectivity index (χ4n) is 1.94. The molecule has 0 fully saturated rings. The third-order valence-electron chi connectivity index (χ3n) is 2.62. The Morgan fingerprint density at radius 2 is 1.07 bits per heavy atom. The Labute approximate surface area is 100 Å². The average Bonchev–Trinajstić information content (AvgIpc) is 2.51. The first-order chi connectivity index (χ1) is 7.21. The van der Waals surface area contributed by atoms with E-state index in [2.05, 4.69) is 24.3 Å². The number of rotatable bonds is 0. The van der Waals surface area contributed by atoms with Crippen LogP contribution in [0.4, 0.5) is 0 Å². The number of hydrogen-bond donors (Lipinski definition) is 0. The Bertz CT molecular complexity index is 487. The van der Waals surface area contributed by atoms with Gasteiger partial charge < -0.3 is 0 Å². The molecule has 0 nitrogen and oxygen atoms in total. The van der Waals surface area contributed by atoms with Gasteiger partial charge in [-0.05, 0) is 0 Å². The van der Waals surface area contributed by atoms with Gasteiger partial charge in [0.2, 0.25) is 0 Å². The van der Waals surface area contributed by atoms with Crippen molar-refractivity contribution in [2.75, 3.05) is 0 Å². The summed E-state index contributed by atoms with van der Waals surface area (Å²) in [6.45, 7) is 0. The minimum atomic E-state index is -3.00. The van der Waals surface area contributed by atoms with Crippen LogP contribution >= 0.6 is 17.9 Å². The van der Waals surface area contributed by atoms with Gasteiger partial charge in [0.05, 0.1) is 0 Å². The summed E-state index contributed by atoms with van der Waals surface area (Å²) < 4.78 is 2.34. The molecule has 0 amide bonds. The van der Waals surface area contributed by atoms with Crippen LogP contribution in [0.15, 0.2) is 48.5 Å². The molecule has 0 aromatic heterocycles. The molecule has 1 heterocycles. The van der Waals surface area contributed by atoms with E-state index in [9.17, 15) is 0 Å². The SMILES string of the molecule is Cl[Te]1(Cl)c2ccccc2-c2ccccc21. The third kappa shape index (κ3) is 1.35. The Hall–Kier alpha value is -0.190. The van der Waals surface area contributed by atoms with Gasteiger partial charge in [0.1, 0.15) is 0 Å². The maximum absolute atomic E-state index is 6.58. The fourth-order valence-corrected chi connectivity index (χ4v) is 10.2. The fraction of sp³-hybridized carbons (Fsp3) is 0. The van der Waals surface area contributed by atoms with E-state index < -0.39 is 15.9 Å². The first-order valence-corrected chi connectivity index (χ1v) is 12.9. The average molecular weight is 351 g/mol. The predicted octanol–water partition coefficient (Wildman–Crippen LogP) is 2.70. The van der Waals surface area contributed by atoms with E-state index in [-0.39, 0.29) is 0 Å². The summed E-state index contributed by atoms with van der Waals surface area (Å²) in [4.78, 5) is 0. The molecule has 0 unspecified atom stereocenters. The van der Waals surface area contributed by atoms with Crippen LogP contribution in [0.1, 0.15) is 0 Å². The number of fused-ring (bicyclic) bond motifs is 3. The molecule has 15 heavy (non-hydrogen) atoms. The molecule has 2 aromatic carbocycles. The van der Waals surface area contributed by atoms with Crippen molar-refractivity contribution < 1.29 is 0 Å². The van der Waals surface area contributed by atoms with E-state index in [1.807, 2.05) is 24.3 Å². The van der Waals surface area contributed by atoms with Crippen molar-refractivity contribution in [3.05, 3.63) is 48.5 Å². The molecular formula is C12H8Cl2Te. The predicted molar refractivity (Wildman–Crippen MR) is 68.6 cm³/mol. The van der Waals surface area contributed by atoms with Crippen molar-refractivity contribution in [3.63, 3.8) is 0 Å². The van der Waals surface area contributed by atoms with E-state index >= 15 is 0 Å². The van der Waals surface area contributed by atoms with Gasteiger partial charge in [-0.25, -0.2) is 0 Å². The molecule has 2 aromatic rings. The molecule has 0 saturated carbocycles. The zero-order valence-corrected chi connectivity index (χ0v) is 11.6. The molecule has 0 spiro atoms. The Balaban J connectivity index is 2.42. The second-order valence-electron chi connectivity index (χ2n) is 3.46. The Kier molecular flexibility index (Phi) is 2.27. The molecule has 0 N–H and O–H groups in total. The van der Waals surface area contributed by atoms with Crippen molar-refractivity contribution in [1.82, 2.24) is 0 Å². The Morgan fingerprint density at radius 1 is 0.667 bits per heavy atom. The number of hydrogen-bond acceptors (Lipinski definition) is 0. The van der Waals surface area contributed by atoms with Crippen LogP contribution in [-0.2, 0) is 0 Å². The summed E-state index contributed by atoms with van der Waals surface area (Å²) in [5.74, 6) is 0. The molecule has 76 valence electrons. The van der Waals surface area contributed by atoms with Crippen molar-refractivity contribution in [1.29, 1.82) is 0 Å². The first kappa shape index (κ1) is 10.00. The zero-order chi connectivity index (χ0) is 10.5.